The van der Waals surface area contributed by atoms with E-state index < -0.39 is 0 Å². The van der Waals surface area contributed by atoms with E-state index in [9.17, 15) is 0 Å². The van der Waals surface area contributed by atoms with Gasteiger partial charge in [-0.25, -0.2) is 0 Å². The Morgan fingerprint density at radius 1 is 0.791 bits per heavy atom. The summed E-state index contributed by atoms with van der Waals surface area (Å²) >= 11 is 0. The van der Waals surface area contributed by atoms with Crippen molar-refractivity contribution in [1.82, 2.24) is 5.32 Å². The molecule has 4 saturated carbocycles. The Morgan fingerprint density at radius 2 is 1.49 bits per heavy atom. The Bertz CT molecular complexity index is 802. The maximum absolute atomic E-state index is 6.99. The molecule has 0 bridgehead atoms. The summed E-state index contributed by atoms with van der Waals surface area (Å²) in [6.45, 7) is 16.8. The van der Waals surface area contributed by atoms with Crippen LogP contribution in [0.5, 0.6) is 0 Å². The number of nitrogens with one attached hydrogen (secondary N) is 1. The topological polar surface area (TPSA) is 118 Å². The number of fused-ring (bicyclic) bond motifs is 5. The lowest BCUT2D eigenvalue weighted by Crippen LogP contribution is -2.63. The molecule has 0 aromatic heterocycles. The first-order valence-corrected chi connectivity index (χ1v) is 18.5. The van der Waals surface area contributed by atoms with Crippen LogP contribution in [0.15, 0.2) is 0 Å². The minimum Gasteiger partial charge on any atom is -0.378 e. The van der Waals surface area contributed by atoms with Gasteiger partial charge in [0, 0.05) is 25.2 Å². The first-order valence-electron chi connectivity index (χ1n) is 18.5. The molecule has 4 aliphatic carbocycles. The molecule has 0 amide bonds. The zero-order valence-electron chi connectivity index (χ0n) is 28.5. The number of hydrogen-bond donors (Lipinski definition) is 4. The van der Waals surface area contributed by atoms with Crippen molar-refractivity contribution in [1.29, 1.82) is 0 Å². The summed E-state index contributed by atoms with van der Waals surface area (Å²) in [6.07, 6.45) is 16.2. The van der Waals surface area contributed by atoms with Crippen molar-refractivity contribution >= 4 is 0 Å². The van der Waals surface area contributed by atoms with Gasteiger partial charge in [-0.2, -0.15) is 0 Å². The Labute approximate surface area is 264 Å². The van der Waals surface area contributed by atoms with Crippen LogP contribution in [0.2, 0.25) is 0 Å². The molecule has 11 atom stereocenters. The predicted molar refractivity (Wildman–Crippen MR) is 178 cm³/mol. The maximum Gasteiger partial charge on any atom is 0.0637 e. The number of ether oxygens (including phenoxy) is 3. The molecule has 4 aliphatic rings. The van der Waals surface area contributed by atoms with Gasteiger partial charge < -0.3 is 36.7 Å². The lowest BCUT2D eigenvalue weighted by Gasteiger charge is -2.65. The van der Waals surface area contributed by atoms with Crippen LogP contribution in [0.4, 0.5) is 0 Å². The van der Waals surface area contributed by atoms with Crippen molar-refractivity contribution in [3.63, 3.8) is 0 Å². The highest BCUT2D eigenvalue weighted by Gasteiger charge is 2.66. The largest absolute Gasteiger partial charge is 0.378 e. The van der Waals surface area contributed by atoms with E-state index in [2.05, 4.69) is 33.0 Å². The minimum atomic E-state index is 0.188. The minimum absolute atomic E-state index is 0.188. The average Bonchev–Trinajstić information content (AvgIpc) is 3.36. The molecular formula is C36H70N4O3. The van der Waals surface area contributed by atoms with Crippen molar-refractivity contribution in [2.45, 2.75) is 129 Å². The van der Waals surface area contributed by atoms with Crippen LogP contribution in [0.1, 0.15) is 111 Å². The van der Waals surface area contributed by atoms with Crippen LogP contribution < -0.4 is 22.5 Å². The number of rotatable bonds is 19. The first kappa shape index (κ1) is 35.6. The SMILES string of the molecule is CCCNCCC[C@@H](C)[C@H]1CC[C@H]2[C@@H]3[C@H](OCCCN)C[C@@H]4C[C@H](OCCCN)CC[C@]4(C)[C@H]3C[C@H](OCCCN)[C@]12C. The standard InChI is InChI=1S/C36H70N4O3/c1-5-18-40-19-6-10-26(2)29-11-12-30-34-31(25-33(36(29,30)4)43-22-9-17-39)35(3)14-13-28(41-20-7-15-37)23-27(35)24-32(34)42-21-8-16-38/h26-34,40H,5-25,37-39H2,1-4H3/t26-,27+,28-,29-,30+,31+,32-,33+,34+,35+,36-/m1/s1. The molecular weight excluding hydrogens is 536 g/mol. The summed E-state index contributed by atoms with van der Waals surface area (Å²) in [4.78, 5) is 0. The second kappa shape index (κ2) is 17.0. The quantitative estimate of drug-likeness (QED) is 0.144. The average molecular weight is 607 g/mol. The molecule has 7 N–H and O–H groups in total. The molecule has 7 heteroatoms. The fourth-order valence-electron chi connectivity index (χ4n) is 10.6. The van der Waals surface area contributed by atoms with E-state index in [1.165, 1.54) is 57.8 Å². The highest BCUT2D eigenvalue weighted by molar-refractivity contribution is 5.15. The summed E-state index contributed by atoms with van der Waals surface area (Å²) in [5.41, 5.74) is 18.2. The van der Waals surface area contributed by atoms with Gasteiger partial charge in [-0.05, 0) is 157 Å². The molecule has 43 heavy (non-hydrogen) atoms. The van der Waals surface area contributed by atoms with E-state index in [0.717, 1.165) is 58.6 Å². The van der Waals surface area contributed by atoms with Crippen LogP contribution in [0.25, 0.3) is 0 Å². The maximum atomic E-state index is 6.99. The molecule has 0 spiro atoms. The zero-order valence-corrected chi connectivity index (χ0v) is 28.5. The molecule has 0 radical (unpaired) electrons. The van der Waals surface area contributed by atoms with Crippen LogP contribution in [-0.4, -0.2) is 70.9 Å². The molecule has 0 aromatic rings. The Balaban J connectivity index is 1.59. The van der Waals surface area contributed by atoms with Gasteiger partial charge in [-0.3, -0.25) is 0 Å². The van der Waals surface area contributed by atoms with Gasteiger partial charge in [0.25, 0.3) is 0 Å². The van der Waals surface area contributed by atoms with E-state index in [-0.39, 0.29) is 5.41 Å². The third-order valence-corrected chi connectivity index (χ3v) is 12.9. The third-order valence-electron chi connectivity index (χ3n) is 12.9. The molecule has 0 saturated heterocycles. The molecule has 252 valence electrons. The van der Waals surface area contributed by atoms with Crippen molar-refractivity contribution in [3.8, 4) is 0 Å². The monoisotopic (exact) mass is 607 g/mol. The van der Waals surface area contributed by atoms with E-state index >= 15 is 0 Å². The van der Waals surface area contributed by atoms with Gasteiger partial charge in [0.05, 0.1) is 18.3 Å². The molecule has 0 aliphatic heterocycles. The lowest BCUT2D eigenvalue weighted by atomic mass is 9.43. The van der Waals surface area contributed by atoms with Crippen LogP contribution in [0.3, 0.4) is 0 Å². The fourth-order valence-corrected chi connectivity index (χ4v) is 10.6. The van der Waals surface area contributed by atoms with Crippen molar-refractivity contribution in [2.75, 3.05) is 52.5 Å². The van der Waals surface area contributed by atoms with Crippen molar-refractivity contribution in [3.05, 3.63) is 0 Å². The summed E-state index contributed by atoms with van der Waals surface area (Å²) in [7, 11) is 0. The molecule has 4 rings (SSSR count). The fraction of sp³-hybridized carbons (Fsp3) is 1.00. The highest BCUT2D eigenvalue weighted by Crippen LogP contribution is 2.69. The van der Waals surface area contributed by atoms with E-state index in [0.29, 0.717) is 78.9 Å². The van der Waals surface area contributed by atoms with Gasteiger partial charge >= 0.3 is 0 Å². The molecule has 4 fully saturated rings. The van der Waals surface area contributed by atoms with Crippen LogP contribution in [-0.2, 0) is 14.2 Å². The van der Waals surface area contributed by atoms with E-state index in [1.807, 2.05) is 0 Å². The van der Waals surface area contributed by atoms with Gasteiger partial charge in [0.1, 0.15) is 0 Å². The molecule has 7 nitrogen and oxygen atoms in total. The van der Waals surface area contributed by atoms with Gasteiger partial charge in [-0.1, -0.05) is 27.7 Å². The molecule has 0 unspecified atom stereocenters. The highest BCUT2D eigenvalue weighted by atomic mass is 16.5. The number of hydrogen-bond acceptors (Lipinski definition) is 7. The smallest absolute Gasteiger partial charge is 0.0637 e. The van der Waals surface area contributed by atoms with E-state index in [1.54, 1.807) is 0 Å². The number of nitrogens with two attached hydrogens (primary N) is 3. The van der Waals surface area contributed by atoms with E-state index in [4.69, 9.17) is 31.4 Å². The molecule has 0 heterocycles. The second-order valence-corrected chi connectivity index (χ2v) is 15.3. The van der Waals surface area contributed by atoms with Crippen LogP contribution >= 0.6 is 0 Å². The summed E-state index contributed by atoms with van der Waals surface area (Å²) in [5.74, 6) is 3.94. The Hall–Kier alpha value is -0.280. The first-order chi connectivity index (χ1) is 20.8. The summed E-state index contributed by atoms with van der Waals surface area (Å²) in [6, 6.07) is 0. The summed E-state index contributed by atoms with van der Waals surface area (Å²) in [5, 5.41) is 3.63. The van der Waals surface area contributed by atoms with Crippen molar-refractivity contribution < 1.29 is 14.2 Å². The summed E-state index contributed by atoms with van der Waals surface area (Å²) < 4.78 is 20.3. The van der Waals surface area contributed by atoms with Gasteiger partial charge in [-0.15, -0.1) is 0 Å². The second-order valence-electron chi connectivity index (χ2n) is 15.3. The lowest BCUT2D eigenvalue weighted by molar-refractivity contribution is -0.227. The van der Waals surface area contributed by atoms with Gasteiger partial charge in [0.2, 0.25) is 0 Å². The Kier molecular flexibility index (Phi) is 14.1. The van der Waals surface area contributed by atoms with Crippen molar-refractivity contribution in [2.24, 2.45) is 63.5 Å². The third kappa shape index (κ3) is 8.00. The Morgan fingerprint density at radius 3 is 2.19 bits per heavy atom. The predicted octanol–water partition coefficient (Wildman–Crippen LogP) is 5.48. The molecule has 0 aromatic carbocycles. The zero-order chi connectivity index (χ0) is 30.9. The van der Waals surface area contributed by atoms with Gasteiger partial charge in [0.15, 0.2) is 0 Å². The van der Waals surface area contributed by atoms with Crippen LogP contribution in [0, 0.1) is 46.3 Å². The normalized spacial score (nSPS) is 39.7.